The molecule has 0 bridgehead atoms. The Labute approximate surface area is 91.3 Å². The van der Waals surface area contributed by atoms with Crippen LogP contribution < -0.4 is 4.74 Å². The van der Waals surface area contributed by atoms with Crippen molar-refractivity contribution >= 4 is 11.8 Å². The van der Waals surface area contributed by atoms with Gasteiger partial charge in [-0.25, -0.2) is 8.78 Å². The number of aliphatic hydroxyl groups is 1. The van der Waals surface area contributed by atoms with Gasteiger partial charge in [0.1, 0.15) is 0 Å². The molecular weight excluding hydrogens is 222 g/mol. The topological polar surface area (TPSA) is 29.5 Å². The standard InChI is InChI=1S/C10H12F2O2S/c1-15-3-2-14-10-8(11)4-7(6-13)5-9(10)12/h4-5,13H,2-3,6H2,1H3. The van der Waals surface area contributed by atoms with Crippen molar-refractivity contribution in [1.82, 2.24) is 0 Å². The molecule has 2 nitrogen and oxygen atoms in total. The maximum Gasteiger partial charge on any atom is 0.190 e. The molecule has 1 aromatic carbocycles. The second-order valence-corrected chi connectivity index (χ2v) is 3.87. The zero-order valence-electron chi connectivity index (χ0n) is 8.30. The van der Waals surface area contributed by atoms with Crippen LogP contribution in [0.25, 0.3) is 0 Å². The molecule has 0 saturated heterocycles. The summed E-state index contributed by atoms with van der Waals surface area (Å²) in [5.74, 6) is -1.26. The average molecular weight is 234 g/mol. The molecule has 0 heterocycles. The normalized spacial score (nSPS) is 10.4. The first-order valence-electron chi connectivity index (χ1n) is 4.39. The van der Waals surface area contributed by atoms with Crippen molar-refractivity contribution in [2.24, 2.45) is 0 Å². The lowest BCUT2D eigenvalue weighted by atomic mass is 10.2. The van der Waals surface area contributed by atoms with Crippen molar-refractivity contribution in [1.29, 1.82) is 0 Å². The fourth-order valence-corrected chi connectivity index (χ4v) is 1.32. The summed E-state index contributed by atoms with van der Waals surface area (Å²) in [6.45, 7) is -0.133. The smallest absolute Gasteiger partial charge is 0.190 e. The molecule has 5 heteroatoms. The van der Waals surface area contributed by atoms with E-state index < -0.39 is 11.6 Å². The molecule has 0 aliphatic heterocycles. The molecule has 0 aliphatic rings. The predicted octanol–water partition coefficient (Wildman–Crippen LogP) is 2.20. The van der Waals surface area contributed by atoms with Crippen LogP contribution in [0.5, 0.6) is 5.75 Å². The van der Waals surface area contributed by atoms with Gasteiger partial charge in [0.05, 0.1) is 13.2 Å². The summed E-state index contributed by atoms with van der Waals surface area (Å²) >= 11 is 1.53. The van der Waals surface area contributed by atoms with Crippen molar-refractivity contribution < 1.29 is 18.6 Å². The Morgan fingerprint density at radius 1 is 1.33 bits per heavy atom. The van der Waals surface area contributed by atoms with Crippen molar-refractivity contribution in [3.05, 3.63) is 29.3 Å². The third-order valence-electron chi connectivity index (χ3n) is 1.77. The Hall–Kier alpha value is -0.810. The summed E-state index contributed by atoms with van der Waals surface area (Å²) in [5, 5.41) is 8.71. The Bertz CT molecular complexity index is 308. The third-order valence-corrected chi connectivity index (χ3v) is 2.35. The molecule has 0 radical (unpaired) electrons. The highest BCUT2D eigenvalue weighted by Gasteiger charge is 2.11. The van der Waals surface area contributed by atoms with Crippen LogP contribution in [0, 0.1) is 11.6 Å². The zero-order valence-corrected chi connectivity index (χ0v) is 9.11. The monoisotopic (exact) mass is 234 g/mol. The fourth-order valence-electron chi connectivity index (χ4n) is 1.07. The zero-order chi connectivity index (χ0) is 11.3. The Morgan fingerprint density at radius 3 is 2.40 bits per heavy atom. The summed E-state index contributed by atoms with van der Waals surface area (Å²) in [6, 6.07) is 2.13. The summed E-state index contributed by atoms with van der Waals surface area (Å²) in [5.41, 5.74) is 0.196. The summed E-state index contributed by atoms with van der Waals surface area (Å²) in [6.07, 6.45) is 1.88. The van der Waals surface area contributed by atoms with Crippen LogP contribution in [0.15, 0.2) is 12.1 Å². The first kappa shape index (κ1) is 12.3. The van der Waals surface area contributed by atoms with Crippen LogP contribution in [0.2, 0.25) is 0 Å². The van der Waals surface area contributed by atoms with E-state index in [2.05, 4.69) is 0 Å². The number of rotatable bonds is 5. The highest BCUT2D eigenvalue weighted by molar-refractivity contribution is 7.98. The van der Waals surface area contributed by atoms with Crippen LogP contribution in [0.3, 0.4) is 0 Å². The summed E-state index contributed by atoms with van der Waals surface area (Å²) in [7, 11) is 0. The number of ether oxygens (including phenoxy) is 1. The first-order valence-corrected chi connectivity index (χ1v) is 5.79. The highest BCUT2D eigenvalue weighted by atomic mass is 32.2. The molecular formula is C10H12F2O2S. The van der Waals surface area contributed by atoms with E-state index in [0.717, 1.165) is 12.1 Å². The van der Waals surface area contributed by atoms with E-state index in [-0.39, 0.29) is 24.5 Å². The molecule has 84 valence electrons. The van der Waals surface area contributed by atoms with E-state index in [4.69, 9.17) is 9.84 Å². The number of aliphatic hydroxyl groups excluding tert-OH is 1. The van der Waals surface area contributed by atoms with Gasteiger partial charge in [-0.05, 0) is 24.0 Å². The van der Waals surface area contributed by atoms with Gasteiger partial charge >= 0.3 is 0 Å². The Balaban J connectivity index is 2.79. The van der Waals surface area contributed by atoms with Crippen LogP contribution in [0.4, 0.5) is 8.78 Å². The van der Waals surface area contributed by atoms with Crippen LogP contribution in [-0.4, -0.2) is 23.7 Å². The fraction of sp³-hybridized carbons (Fsp3) is 0.400. The lowest BCUT2D eigenvalue weighted by molar-refractivity contribution is 0.276. The summed E-state index contributed by atoms with van der Waals surface area (Å²) in [4.78, 5) is 0. The van der Waals surface area contributed by atoms with Crippen LogP contribution in [0.1, 0.15) is 5.56 Å². The van der Waals surface area contributed by atoms with E-state index in [9.17, 15) is 8.78 Å². The van der Waals surface area contributed by atoms with Crippen LogP contribution in [-0.2, 0) is 6.61 Å². The van der Waals surface area contributed by atoms with Crippen molar-refractivity contribution in [2.75, 3.05) is 18.6 Å². The molecule has 0 atom stereocenters. The molecule has 0 fully saturated rings. The second kappa shape index (κ2) is 5.92. The molecule has 0 unspecified atom stereocenters. The maximum atomic E-state index is 13.2. The second-order valence-electron chi connectivity index (χ2n) is 2.89. The number of thioether (sulfide) groups is 1. The van der Waals surface area contributed by atoms with Crippen LogP contribution >= 0.6 is 11.8 Å². The van der Waals surface area contributed by atoms with E-state index in [1.165, 1.54) is 11.8 Å². The summed E-state index contributed by atoms with van der Waals surface area (Å²) < 4.78 is 31.4. The van der Waals surface area contributed by atoms with E-state index >= 15 is 0 Å². The number of hydrogen-bond donors (Lipinski definition) is 1. The molecule has 1 rings (SSSR count). The van der Waals surface area contributed by atoms with Gasteiger partial charge < -0.3 is 9.84 Å². The highest BCUT2D eigenvalue weighted by Crippen LogP contribution is 2.23. The van der Waals surface area contributed by atoms with Gasteiger partial charge in [-0.15, -0.1) is 0 Å². The van der Waals surface area contributed by atoms with Gasteiger partial charge in [0.25, 0.3) is 0 Å². The van der Waals surface area contributed by atoms with E-state index in [1.54, 1.807) is 0 Å². The molecule has 0 spiro atoms. The SMILES string of the molecule is CSCCOc1c(F)cc(CO)cc1F. The number of benzene rings is 1. The Kier molecular flexibility index (Phi) is 4.84. The largest absolute Gasteiger partial charge is 0.487 e. The van der Waals surface area contributed by atoms with Gasteiger partial charge in [-0.2, -0.15) is 11.8 Å². The predicted molar refractivity (Wildman–Crippen MR) is 56.2 cm³/mol. The number of halogens is 2. The average Bonchev–Trinajstić information content (AvgIpc) is 2.22. The lowest BCUT2D eigenvalue weighted by Gasteiger charge is -2.08. The molecule has 0 aromatic heterocycles. The van der Waals surface area contributed by atoms with Crippen molar-refractivity contribution in [3.8, 4) is 5.75 Å². The minimum atomic E-state index is -0.778. The van der Waals surface area contributed by atoms with Gasteiger partial charge in [0, 0.05) is 5.75 Å². The maximum absolute atomic E-state index is 13.2. The minimum Gasteiger partial charge on any atom is -0.487 e. The quantitative estimate of drug-likeness (QED) is 0.792. The minimum absolute atomic E-state index is 0.196. The van der Waals surface area contributed by atoms with Gasteiger partial charge in [0.15, 0.2) is 17.4 Å². The van der Waals surface area contributed by atoms with Gasteiger partial charge in [-0.1, -0.05) is 0 Å². The molecule has 15 heavy (non-hydrogen) atoms. The van der Waals surface area contributed by atoms with Crippen molar-refractivity contribution in [3.63, 3.8) is 0 Å². The van der Waals surface area contributed by atoms with Gasteiger partial charge in [0.2, 0.25) is 0 Å². The van der Waals surface area contributed by atoms with Crippen molar-refractivity contribution in [2.45, 2.75) is 6.61 Å². The molecule has 0 aliphatic carbocycles. The van der Waals surface area contributed by atoms with E-state index in [1.807, 2.05) is 6.26 Å². The third kappa shape index (κ3) is 3.35. The molecule has 0 amide bonds. The Morgan fingerprint density at radius 2 is 1.93 bits per heavy atom. The number of hydrogen-bond acceptors (Lipinski definition) is 3. The van der Waals surface area contributed by atoms with E-state index in [0.29, 0.717) is 5.75 Å². The first-order chi connectivity index (χ1) is 7.19. The molecule has 0 saturated carbocycles. The van der Waals surface area contributed by atoms with Gasteiger partial charge in [-0.3, -0.25) is 0 Å². The molecule has 1 N–H and O–H groups in total. The lowest BCUT2D eigenvalue weighted by Crippen LogP contribution is -2.04. The molecule has 1 aromatic rings.